The van der Waals surface area contributed by atoms with Gasteiger partial charge in [-0.1, -0.05) is 34.3 Å². The van der Waals surface area contributed by atoms with Crippen LogP contribution in [-0.2, 0) is 9.53 Å². The summed E-state index contributed by atoms with van der Waals surface area (Å²) in [7, 11) is 0. The SMILES string of the molecule is C=C(C(=O)OCC)N(CCCC(C)C)CCCC(C)C. The van der Waals surface area contributed by atoms with Crippen molar-refractivity contribution in [2.24, 2.45) is 11.8 Å². The Morgan fingerprint density at radius 2 is 1.50 bits per heavy atom. The summed E-state index contributed by atoms with van der Waals surface area (Å²) in [6.45, 7) is 16.8. The summed E-state index contributed by atoms with van der Waals surface area (Å²) in [6, 6.07) is 0. The summed E-state index contributed by atoms with van der Waals surface area (Å²) in [4.78, 5) is 13.9. The summed E-state index contributed by atoms with van der Waals surface area (Å²) in [5, 5.41) is 0. The lowest BCUT2D eigenvalue weighted by Gasteiger charge is -2.26. The molecule has 0 saturated heterocycles. The van der Waals surface area contributed by atoms with E-state index in [0.29, 0.717) is 24.1 Å². The van der Waals surface area contributed by atoms with Crippen LogP contribution >= 0.6 is 0 Å². The van der Waals surface area contributed by atoms with E-state index in [1.54, 1.807) is 0 Å². The molecule has 3 heteroatoms. The summed E-state index contributed by atoms with van der Waals surface area (Å²) in [5.41, 5.74) is 0.513. The Kier molecular flexibility index (Phi) is 10.2. The van der Waals surface area contributed by atoms with E-state index >= 15 is 0 Å². The lowest BCUT2D eigenvalue weighted by molar-refractivity contribution is -0.140. The molecule has 0 N–H and O–H groups in total. The predicted molar refractivity (Wildman–Crippen MR) is 85.5 cm³/mol. The summed E-state index contributed by atoms with van der Waals surface area (Å²) in [5.74, 6) is 1.12. The summed E-state index contributed by atoms with van der Waals surface area (Å²) in [6.07, 6.45) is 4.54. The van der Waals surface area contributed by atoms with E-state index in [1.165, 1.54) is 12.8 Å². The topological polar surface area (TPSA) is 29.5 Å². The van der Waals surface area contributed by atoms with Crippen LogP contribution in [0.25, 0.3) is 0 Å². The van der Waals surface area contributed by atoms with Crippen LogP contribution in [0.3, 0.4) is 0 Å². The number of nitrogens with zero attached hydrogens (tertiary/aromatic N) is 1. The van der Waals surface area contributed by atoms with Gasteiger partial charge in [-0.15, -0.1) is 0 Å². The molecule has 0 aliphatic rings. The standard InChI is InChI=1S/C17H33NO2/c1-7-20-17(19)16(6)18(12-8-10-14(2)3)13-9-11-15(4)5/h14-15H,6-13H2,1-5H3. The maximum absolute atomic E-state index is 11.8. The van der Waals surface area contributed by atoms with Gasteiger partial charge >= 0.3 is 5.97 Å². The Bertz CT molecular complexity index is 271. The van der Waals surface area contributed by atoms with E-state index in [4.69, 9.17) is 4.74 Å². The Morgan fingerprint density at radius 3 is 1.85 bits per heavy atom. The molecule has 0 aromatic heterocycles. The van der Waals surface area contributed by atoms with Gasteiger partial charge in [-0.3, -0.25) is 0 Å². The molecule has 0 radical (unpaired) electrons. The van der Waals surface area contributed by atoms with Crippen molar-refractivity contribution in [1.29, 1.82) is 0 Å². The second-order valence-electron chi connectivity index (χ2n) is 6.23. The highest BCUT2D eigenvalue weighted by Crippen LogP contribution is 2.13. The molecular formula is C17H33NO2. The second-order valence-corrected chi connectivity index (χ2v) is 6.23. The molecule has 20 heavy (non-hydrogen) atoms. The monoisotopic (exact) mass is 283 g/mol. The highest BCUT2D eigenvalue weighted by Gasteiger charge is 2.16. The molecule has 118 valence electrons. The van der Waals surface area contributed by atoms with Gasteiger partial charge in [0.05, 0.1) is 6.61 Å². The van der Waals surface area contributed by atoms with Crippen molar-refractivity contribution >= 4 is 5.97 Å². The third-order valence-electron chi connectivity index (χ3n) is 3.31. The van der Waals surface area contributed by atoms with E-state index in [-0.39, 0.29) is 5.97 Å². The lowest BCUT2D eigenvalue weighted by atomic mass is 10.1. The second kappa shape index (κ2) is 10.8. The quantitative estimate of drug-likeness (QED) is 0.419. The zero-order valence-corrected chi connectivity index (χ0v) is 14.1. The van der Waals surface area contributed by atoms with Crippen molar-refractivity contribution in [2.45, 2.75) is 60.3 Å². The van der Waals surface area contributed by atoms with E-state index in [2.05, 4.69) is 39.2 Å². The number of rotatable bonds is 11. The van der Waals surface area contributed by atoms with E-state index in [0.717, 1.165) is 25.9 Å². The lowest BCUT2D eigenvalue weighted by Crippen LogP contribution is -2.30. The fraction of sp³-hybridized carbons (Fsp3) is 0.824. The van der Waals surface area contributed by atoms with Gasteiger partial charge in [0.2, 0.25) is 0 Å². The van der Waals surface area contributed by atoms with Crippen molar-refractivity contribution in [2.75, 3.05) is 19.7 Å². The average Bonchev–Trinajstić information content (AvgIpc) is 2.35. The Balaban J connectivity index is 4.36. The van der Waals surface area contributed by atoms with Gasteiger partial charge < -0.3 is 9.64 Å². The van der Waals surface area contributed by atoms with Crippen LogP contribution in [0.5, 0.6) is 0 Å². The molecule has 0 aromatic rings. The molecule has 0 fully saturated rings. The van der Waals surface area contributed by atoms with Crippen molar-refractivity contribution in [3.05, 3.63) is 12.3 Å². The number of hydrogen-bond donors (Lipinski definition) is 0. The molecule has 0 saturated carbocycles. The largest absolute Gasteiger partial charge is 0.461 e. The van der Waals surface area contributed by atoms with Gasteiger partial charge in [-0.25, -0.2) is 4.79 Å². The minimum absolute atomic E-state index is 0.276. The van der Waals surface area contributed by atoms with Crippen LogP contribution in [0.1, 0.15) is 60.3 Å². The zero-order chi connectivity index (χ0) is 15.5. The van der Waals surface area contributed by atoms with Crippen LogP contribution in [-0.4, -0.2) is 30.6 Å². The first-order valence-electron chi connectivity index (χ1n) is 7.99. The fourth-order valence-corrected chi connectivity index (χ4v) is 2.11. The van der Waals surface area contributed by atoms with Crippen molar-refractivity contribution < 1.29 is 9.53 Å². The maximum atomic E-state index is 11.8. The maximum Gasteiger partial charge on any atom is 0.353 e. The normalized spacial score (nSPS) is 10.9. The molecule has 0 spiro atoms. The first-order valence-corrected chi connectivity index (χ1v) is 7.99. The van der Waals surface area contributed by atoms with Crippen LogP contribution in [0, 0.1) is 11.8 Å². The molecule has 0 aromatic carbocycles. The van der Waals surface area contributed by atoms with E-state index in [1.807, 2.05) is 6.92 Å². The highest BCUT2D eigenvalue weighted by atomic mass is 16.5. The Morgan fingerprint density at radius 1 is 1.05 bits per heavy atom. The minimum Gasteiger partial charge on any atom is -0.461 e. The predicted octanol–water partition coefficient (Wildman–Crippen LogP) is 4.24. The molecule has 0 bridgehead atoms. The van der Waals surface area contributed by atoms with Gasteiger partial charge in [-0.2, -0.15) is 0 Å². The minimum atomic E-state index is -0.276. The molecule has 0 heterocycles. The van der Waals surface area contributed by atoms with Crippen molar-refractivity contribution in [1.82, 2.24) is 4.90 Å². The number of hydrogen-bond acceptors (Lipinski definition) is 3. The first-order chi connectivity index (χ1) is 9.38. The highest BCUT2D eigenvalue weighted by molar-refractivity contribution is 5.87. The van der Waals surface area contributed by atoms with Crippen molar-refractivity contribution in [3.63, 3.8) is 0 Å². The smallest absolute Gasteiger partial charge is 0.353 e. The number of ether oxygens (including phenoxy) is 1. The molecule has 0 aliphatic heterocycles. The number of carbonyl (C=O) groups is 1. The van der Waals surface area contributed by atoms with Gasteiger partial charge in [-0.05, 0) is 44.4 Å². The summed E-state index contributed by atoms with van der Waals surface area (Å²) < 4.78 is 5.06. The van der Waals surface area contributed by atoms with Crippen LogP contribution in [0.4, 0.5) is 0 Å². The van der Waals surface area contributed by atoms with E-state index < -0.39 is 0 Å². The molecule has 3 nitrogen and oxygen atoms in total. The van der Waals surface area contributed by atoms with Gasteiger partial charge in [0.1, 0.15) is 5.70 Å². The molecule has 0 unspecified atom stereocenters. The van der Waals surface area contributed by atoms with Crippen molar-refractivity contribution in [3.8, 4) is 0 Å². The zero-order valence-electron chi connectivity index (χ0n) is 14.1. The van der Waals surface area contributed by atoms with Gasteiger partial charge in [0.25, 0.3) is 0 Å². The third kappa shape index (κ3) is 9.00. The molecular weight excluding hydrogens is 250 g/mol. The van der Waals surface area contributed by atoms with Crippen LogP contribution in [0.2, 0.25) is 0 Å². The Labute approximate surface area is 125 Å². The average molecular weight is 283 g/mol. The molecule has 0 aliphatic carbocycles. The summed E-state index contributed by atoms with van der Waals surface area (Å²) >= 11 is 0. The van der Waals surface area contributed by atoms with Gasteiger partial charge in [0, 0.05) is 13.1 Å². The number of carbonyl (C=O) groups excluding carboxylic acids is 1. The third-order valence-corrected chi connectivity index (χ3v) is 3.31. The molecule has 0 atom stereocenters. The van der Waals surface area contributed by atoms with Crippen LogP contribution < -0.4 is 0 Å². The van der Waals surface area contributed by atoms with E-state index in [9.17, 15) is 4.79 Å². The Hall–Kier alpha value is -0.990. The molecule has 0 amide bonds. The first kappa shape index (κ1) is 19.0. The van der Waals surface area contributed by atoms with Gasteiger partial charge in [0.15, 0.2) is 0 Å². The fourth-order valence-electron chi connectivity index (χ4n) is 2.11. The molecule has 0 rings (SSSR count). The number of esters is 1. The van der Waals surface area contributed by atoms with Crippen LogP contribution in [0.15, 0.2) is 12.3 Å².